The summed E-state index contributed by atoms with van der Waals surface area (Å²) in [6, 6.07) is 1.70. The largest absolute Gasteiger partial charge is 0.381 e. The smallest absolute Gasteiger partial charge is 0.317 e. The minimum Gasteiger partial charge on any atom is -0.381 e. The van der Waals surface area contributed by atoms with Crippen molar-refractivity contribution in [3.8, 4) is 0 Å². The zero-order chi connectivity index (χ0) is 23.1. The second-order valence-corrected chi connectivity index (χ2v) is 8.95. The summed E-state index contributed by atoms with van der Waals surface area (Å²) < 4.78 is 35.0. The standard InChI is InChI=1S/C23H30F2N6O2/c1-14-16(21(24)25)12-20-18(27-14)4-3-8-30(20)22-17-13-29(23(32)26-2)9-5-19(17)31(28-22)15-6-10-33-11-7-15/h12,15,21H,3-11,13H2,1-2H3,(H,26,32). The highest BCUT2D eigenvalue weighted by atomic mass is 19.3. The number of pyridine rings is 1. The third kappa shape index (κ3) is 3.94. The first-order chi connectivity index (χ1) is 16.0. The Labute approximate surface area is 191 Å². The molecule has 0 atom stereocenters. The maximum absolute atomic E-state index is 13.7. The second kappa shape index (κ2) is 8.89. The first-order valence-corrected chi connectivity index (χ1v) is 11.7. The molecule has 5 heterocycles. The van der Waals surface area contributed by atoms with Crippen molar-refractivity contribution < 1.29 is 18.3 Å². The number of amides is 2. The number of rotatable bonds is 3. The molecule has 0 aliphatic carbocycles. The van der Waals surface area contributed by atoms with E-state index in [1.54, 1.807) is 24.9 Å². The van der Waals surface area contributed by atoms with Crippen LogP contribution in [-0.4, -0.2) is 59.0 Å². The number of urea groups is 1. The summed E-state index contributed by atoms with van der Waals surface area (Å²) in [6.45, 7) is 4.79. The maximum atomic E-state index is 13.7. The number of nitrogens with zero attached hydrogens (tertiary/aromatic N) is 5. The van der Waals surface area contributed by atoms with Gasteiger partial charge in [0.15, 0.2) is 5.82 Å². The van der Waals surface area contributed by atoms with Crippen LogP contribution < -0.4 is 10.2 Å². The Balaban J connectivity index is 1.61. The highest BCUT2D eigenvalue weighted by Gasteiger charge is 2.34. The Morgan fingerprint density at radius 1 is 1.24 bits per heavy atom. The van der Waals surface area contributed by atoms with Crippen molar-refractivity contribution in [2.75, 3.05) is 38.3 Å². The Morgan fingerprint density at radius 3 is 2.76 bits per heavy atom. The van der Waals surface area contributed by atoms with Gasteiger partial charge in [0.2, 0.25) is 0 Å². The van der Waals surface area contributed by atoms with Crippen molar-refractivity contribution in [1.29, 1.82) is 0 Å². The van der Waals surface area contributed by atoms with Gasteiger partial charge in [0.25, 0.3) is 6.43 Å². The van der Waals surface area contributed by atoms with Gasteiger partial charge < -0.3 is 19.9 Å². The van der Waals surface area contributed by atoms with Crippen LogP contribution in [0.3, 0.4) is 0 Å². The second-order valence-electron chi connectivity index (χ2n) is 8.95. The Bertz CT molecular complexity index is 1050. The normalized spacial score (nSPS) is 18.9. The van der Waals surface area contributed by atoms with Crippen LogP contribution in [0.5, 0.6) is 0 Å². The van der Waals surface area contributed by atoms with Gasteiger partial charge in [0.05, 0.1) is 24.0 Å². The molecule has 1 N–H and O–H groups in total. The fourth-order valence-electron chi connectivity index (χ4n) is 5.25. The molecular weight excluding hydrogens is 430 g/mol. The van der Waals surface area contributed by atoms with Crippen molar-refractivity contribution in [3.05, 3.63) is 34.3 Å². The van der Waals surface area contributed by atoms with Crippen molar-refractivity contribution in [2.45, 2.75) is 58.0 Å². The molecule has 2 aromatic heterocycles. The maximum Gasteiger partial charge on any atom is 0.317 e. The molecule has 10 heteroatoms. The van der Waals surface area contributed by atoms with E-state index in [-0.39, 0.29) is 17.6 Å². The van der Waals surface area contributed by atoms with E-state index in [2.05, 4.69) is 15.0 Å². The lowest BCUT2D eigenvalue weighted by Gasteiger charge is -2.32. The number of aromatic nitrogens is 3. The van der Waals surface area contributed by atoms with E-state index in [0.29, 0.717) is 50.7 Å². The van der Waals surface area contributed by atoms with Gasteiger partial charge in [-0.3, -0.25) is 9.67 Å². The van der Waals surface area contributed by atoms with Gasteiger partial charge >= 0.3 is 6.03 Å². The molecule has 1 fully saturated rings. The van der Waals surface area contributed by atoms with Crippen LogP contribution in [0.4, 0.5) is 25.1 Å². The molecule has 0 bridgehead atoms. The fourth-order valence-corrected chi connectivity index (χ4v) is 5.25. The summed E-state index contributed by atoms with van der Waals surface area (Å²) in [4.78, 5) is 20.7. The van der Waals surface area contributed by atoms with Gasteiger partial charge in [-0.2, -0.15) is 5.10 Å². The van der Waals surface area contributed by atoms with E-state index in [4.69, 9.17) is 9.84 Å². The molecule has 0 radical (unpaired) electrons. The number of carbonyl (C=O) groups excluding carboxylic acids is 1. The Morgan fingerprint density at radius 2 is 2.03 bits per heavy atom. The summed E-state index contributed by atoms with van der Waals surface area (Å²) in [6.07, 6.45) is 1.53. The summed E-state index contributed by atoms with van der Waals surface area (Å²) in [7, 11) is 1.63. The molecule has 33 heavy (non-hydrogen) atoms. The number of hydrogen-bond donors (Lipinski definition) is 1. The molecule has 2 aromatic rings. The number of carbonyl (C=O) groups is 1. The predicted octanol–water partition coefficient (Wildman–Crippen LogP) is 3.66. The van der Waals surface area contributed by atoms with Gasteiger partial charge in [0.1, 0.15) is 0 Å². The summed E-state index contributed by atoms with van der Waals surface area (Å²) in [5.41, 5.74) is 4.02. The molecule has 3 aliphatic rings. The number of ether oxygens (including phenoxy) is 1. The minimum absolute atomic E-state index is 0.0367. The summed E-state index contributed by atoms with van der Waals surface area (Å²) >= 11 is 0. The van der Waals surface area contributed by atoms with E-state index in [1.807, 2.05) is 4.90 Å². The van der Waals surface area contributed by atoms with Crippen LogP contribution in [0.2, 0.25) is 0 Å². The molecule has 0 unspecified atom stereocenters. The highest BCUT2D eigenvalue weighted by Crippen LogP contribution is 2.40. The molecule has 0 saturated carbocycles. The molecule has 8 nitrogen and oxygen atoms in total. The van der Waals surface area contributed by atoms with Crippen molar-refractivity contribution in [3.63, 3.8) is 0 Å². The van der Waals surface area contributed by atoms with E-state index in [1.165, 1.54) is 0 Å². The summed E-state index contributed by atoms with van der Waals surface area (Å²) in [5.74, 6) is 0.761. The number of anilines is 2. The van der Waals surface area contributed by atoms with Gasteiger partial charge in [0, 0.05) is 62.3 Å². The van der Waals surface area contributed by atoms with Gasteiger partial charge in [-0.15, -0.1) is 0 Å². The van der Waals surface area contributed by atoms with Crippen LogP contribution in [-0.2, 0) is 24.1 Å². The number of hydrogen-bond acceptors (Lipinski definition) is 5. The van der Waals surface area contributed by atoms with Gasteiger partial charge in [-0.05, 0) is 38.7 Å². The molecule has 1 saturated heterocycles. The lowest BCUT2D eigenvalue weighted by Crippen LogP contribution is -2.42. The van der Waals surface area contributed by atoms with Crippen molar-refractivity contribution in [1.82, 2.24) is 25.0 Å². The number of alkyl halides is 2. The number of halogens is 2. The van der Waals surface area contributed by atoms with Gasteiger partial charge in [-0.25, -0.2) is 13.6 Å². The quantitative estimate of drug-likeness (QED) is 0.757. The van der Waals surface area contributed by atoms with Crippen LogP contribution in [0.25, 0.3) is 0 Å². The monoisotopic (exact) mass is 460 g/mol. The lowest BCUT2D eigenvalue weighted by atomic mass is 10.0. The molecule has 0 spiro atoms. The molecule has 0 aromatic carbocycles. The first-order valence-electron chi connectivity index (χ1n) is 11.7. The Kier molecular flexibility index (Phi) is 5.94. The molecule has 3 aliphatic heterocycles. The predicted molar refractivity (Wildman–Crippen MR) is 119 cm³/mol. The fraction of sp³-hybridized carbons (Fsp3) is 0.609. The topological polar surface area (TPSA) is 75.5 Å². The Hall–Kier alpha value is -2.75. The van der Waals surface area contributed by atoms with Gasteiger partial charge in [-0.1, -0.05) is 0 Å². The van der Waals surface area contributed by atoms with E-state index < -0.39 is 6.43 Å². The third-order valence-corrected chi connectivity index (χ3v) is 6.99. The number of fused-ring (bicyclic) bond motifs is 2. The molecule has 5 rings (SSSR count). The van der Waals surface area contributed by atoms with E-state index >= 15 is 0 Å². The average molecular weight is 461 g/mol. The van der Waals surface area contributed by atoms with Crippen LogP contribution in [0.15, 0.2) is 6.07 Å². The van der Waals surface area contributed by atoms with Crippen molar-refractivity contribution >= 4 is 17.5 Å². The SMILES string of the molecule is CNC(=O)N1CCc2c(c(N3CCCc4nc(C)c(C(F)F)cc43)nn2C2CCOCC2)C1. The minimum atomic E-state index is -2.58. The molecular formula is C23H30F2N6O2. The van der Waals surface area contributed by atoms with E-state index in [9.17, 15) is 13.6 Å². The highest BCUT2D eigenvalue weighted by molar-refractivity contribution is 5.75. The summed E-state index contributed by atoms with van der Waals surface area (Å²) in [5, 5.41) is 7.78. The molecule has 178 valence electrons. The number of aryl methyl sites for hydroxylation is 2. The van der Waals surface area contributed by atoms with Crippen LogP contribution in [0.1, 0.15) is 59.9 Å². The van der Waals surface area contributed by atoms with Crippen molar-refractivity contribution in [2.24, 2.45) is 0 Å². The average Bonchev–Trinajstić information content (AvgIpc) is 3.21. The van der Waals surface area contributed by atoms with Crippen LogP contribution in [0, 0.1) is 6.92 Å². The lowest BCUT2D eigenvalue weighted by molar-refractivity contribution is 0.0651. The molecule has 2 amide bonds. The number of nitrogens with one attached hydrogen (secondary N) is 1. The third-order valence-electron chi connectivity index (χ3n) is 6.99. The van der Waals surface area contributed by atoms with Crippen LogP contribution >= 0.6 is 0 Å². The van der Waals surface area contributed by atoms with E-state index in [0.717, 1.165) is 48.5 Å². The first kappa shape index (κ1) is 22.1. The zero-order valence-corrected chi connectivity index (χ0v) is 19.1. The zero-order valence-electron chi connectivity index (χ0n) is 19.1.